The first-order valence-corrected chi connectivity index (χ1v) is 8.51. The fraction of sp³-hybridized carbons (Fsp3) is 1.00. The van der Waals surface area contributed by atoms with Gasteiger partial charge in [-0.2, -0.15) is 0 Å². The van der Waals surface area contributed by atoms with E-state index in [9.17, 15) is 5.11 Å². The van der Waals surface area contributed by atoms with Crippen LogP contribution >= 0.6 is 0 Å². The molecule has 0 saturated heterocycles. The van der Waals surface area contributed by atoms with E-state index in [1.165, 1.54) is 6.42 Å². The van der Waals surface area contributed by atoms with Gasteiger partial charge < -0.3 is 9.84 Å². The van der Waals surface area contributed by atoms with Crippen LogP contribution in [0.25, 0.3) is 0 Å². The lowest BCUT2D eigenvalue weighted by atomic mass is 9.90. The Labute approximate surface area is 127 Å². The van der Waals surface area contributed by atoms with Crippen molar-refractivity contribution < 1.29 is 9.84 Å². The third kappa shape index (κ3) is 8.97. The van der Waals surface area contributed by atoms with Gasteiger partial charge in [-0.3, -0.25) is 0 Å². The number of aliphatic hydroxyl groups excluding tert-OH is 1. The minimum absolute atomic E-state index is 0.175. The van der Waals surface area contributed by atoms with Gasteiger partial charge in [0.15, 0.2) is 0 Å². The number of hydrogen-bond donors (Lipinski definition) is 1. The molecule has 0 aliphatic carbocycles. The van der Waals surface area contributed by atoms with Crippen molar-refractivity contribution in [2.45, 2.75) is 92.3 Å². The predicted molar refractivity (Wildman–Crippen MR) is 88.0 cm³/mol. The van der Waals surface area contributed by atoms with Gasteiger partial charge in [-0.1, -0.05) is 41.5 Å². The monoisotopic (exact) mass is 286 g/mol. The molecule has 0 spiro atoms. The van der Waals surface area contributed by atoms with E-state index in [2.05, 4.69) is 48.5 Å². The summed E-state index contributed by atoms with van der Waals surface area (Å²) in [5, 5.41) is 9.25. The van der Waals surface area contributed by atoms with Crippen molar-refractivity contribution in [3.8, 4) is 0 Å². The van der Waals surface area contributed by atoms with E-state index in [4.69, 9.17) is 4.74 Å². The van der Waals surface area contributed by atoms with E-state index >= 15 is 0 Å². The summed E-state index contributed by atoms with van der Waals surface area (Å²) in [6, 6.07) is 0. The van der Waals surface area contributed by atoms with Crippen LogP contribution in [0.15, 0.2) is 0 Å². The van der Waals surface area contributed by atoms with Gasteiger partial charge in [0, 0.05) is 6.61 Å². The van der Waals surface area contributed by atoms with Gasteiger partial charge in [-0.05, 0) is 56.8 Å². The van der Waals surface area contributed by atoms with Crippen LogP contribution in [0.3, 0.4) is 0 Å². The zero-order chi connectivity index (χ0) is 15.8. The zero-order valence-electron chi connectivity index (χ0n) is 14.9. The molecule has 1 N–H and O–H groups in total. The summed E-state index contributed by atoms with van der Waals surface area (Å²) in [7, 11) is 0. The second kappa shape index (κ2) is 9.78. The molecule has 0 saturated carbocycles. The smallest absolute Gasteiger partial charge is 0.0677 e. The summed E-state index contributed by atoms with van der Waals surface area (Å²) in [4.78, 5) is 0. The molecule has 0 amide bonds. The highest BCUT2D eigenvalue weighted by atomic mass is 16.5. The zero-order valence-corrected chi connectivity index (χ0v) is 14.9. The Morgan fingerprint density at radius 1 is 0.950 bits per heavy atom. The minimum Gasteiger partial charge on any atom is -0.396 e. The van der Waals surface area contributed by atoms with Crippen LogP contribution in [0.4, 0.5) is 0 Å². The molecule has 0 fully saturated rings. The first kappa shape index (κ1) is 19.9. The van der Waals surface area contributed by atoms with Crippen LogP contribution in [0.2, 0.25) is 0 Å². The van der Waals surface area contributed by atoms with Gasteiger partial charge in [0.2, 0.25) is 0 Å². The van der Waals surface area contributed by atoms with Crippen molar-refractivity contribution in [3.63, 3.8) is 0 Å². The van der Waals surface area contributed by atoms with Crippen molar-refractivity contribution in [1.82, 2.24) is 0 Å². The van der Waals surface area contributed by atoms with Crippen LogP contribution < -0.4 is 0 Å². The highest BCUT2D eigenvalue weighted by Gasteiger charge is 2.28. The number of rotatable bonds is 11. The van der Waals surface area contributed by atoms with Crippen molar-refractivity contribution in [1.29, 1.82) is 0 Å². The first-order chi connectivity index (χ1) is 9.22. The number of aliphatic hydroxyl groups is 1. The van der Waals surface area contributed by atoms with E-state index < -0.39 is 0 Å². The van der Waals surface area contributed by atoms with E-state index in [0.29, 0.717) is 17.9 Å². The maximum atomic E-state index is 9.25. The molecule has 0 heterocycles. The van der Waals surface area contributed by atoms with Gasteiger partial charge in [0.1, 0.15) is 0 Å². The second-order valence-electron chi connectivity index (χ2n) is 7.62. The third-order valence-corrected chi connectivity index (χ3v) is 4.11. The van der Waals surface area contributed by atoms with Gasteiger partial charge >= 0.3 is 0 Å². The first-order valence-electron chi connectivity index (χ1n) is 8.51. The molecule has 0 rings (SSSR count). The van der Waals surface area contributed by atoms with Crippen molar-refractivity contribution in [3.05, 3.63) is 0 Å². The van der Waals surface area contributed by atoms with Crippen LogP contribution in [0, 0.1) is 17.8 Å². The number of hydrogen-bond acceptors (Lipinski definition) is 2. The topological polar surface area (TPSA) is 29.5 Å². The maximum absolute atomic E-state index is 9.25. The molecule has 0 aromatic rings. The Bertz CT molecular complexity index is 238. The van der Waals surface area contributed by atoms with Gasteiger partial charge in [0.05, 0.1) is 11.7 Å². The van der Waals surface area contributed by atoms with Gasteiger partial charge in [0.25, 0.3) is 0 Å². The molecule has 20 heavy (non-hydrogen) atoms. The Balaban J connectivity index is 4.61. The largest absolute Gasteiger partial charge is 0.396 e. The molecular weight excluding hydrogens is 248 g/mol. The molecule has 2 heteroatoms. The summed E-state index contributed by atoms with van der Waals surface area (Å²) < 4.78 is 6.43. The minimum atomic E-state index is -0.175. The fourth-order valence-corrected chi connectivity index (χ4v) is 3.03. The maximum Gasteiger partial charge on any atom is 0.0677 e. The van der Waals surface area contributed by atoms with E-state index in [-0.39, 0.29) is 12.2 Å². The van der Waals surface area contributed by atoms with Crippen LogP contribution in [0.5, 0.6) is 0 Å². The van der Waals surface area contributed by atoms with Gasteiger partial charge in [-0.15, -0.1) is 0 Å². The Kier molecular flexibility index (Phi) is 9.74. The molecular formula is C18H38O2. The third-order valence-electron chi connectivity index (χ3n) is 4.11. The average Bonchev–Trinajstić information content (AvgIpc) is 2.26. The van der Waals surface area contributed by atoms with Crippen molar-refractivity contribution in [2.75, 3.05) is 6.61 Å². The summed E-state index contributed by atoms with van der Waals surface area (Å²) >= 11 is 0. The Hall–Kier alpha value is -0.0800. The van der Waals surface area contributed by atoms with Crippen molar-refractivity contribution >= 4 is 0 Å². The lowest BCUT2D eigenvalue weighted by Crippen LogP contribution is -2.35. The van der Waals surface area contributed by atoms with Crippen LogP contribution in [-0.2, 0) is 4.74 Å². The lowest BCUT2D eigenvalue weighted by Gasteiger charge is -2.35. The molecule has 0 aromatic heterocycles. The summed E-state index contributed by atoms with van der Waals surface area (Å²) in [5.74, 6) is 2.11. The van der Waals surface area contributed by atoms with E-state index in [0.717, 1.165) is 31.6 Å². The molecule has 0 radical (unpaired) electrons. The van der Waals surface area contributed by atoms with E-state index in [1.54, 1.807) is 0 Å². The molecule has 0 aliphatic rings. The summed E-state index contributed by atoms with van der Waals surface area (Å²) in [5.41, 5.74) is -0.175. The second-order valence-corrected chi connectivity index (χ2v) is 7.62. The SMILES string of the molecule is CCC(C)(CCO)O[C@@H](CC(C)C)C[C@H](C)CC(C)C. The molecule has 3 atom stereocenters. The standard InChI is InChI=1S/C18H38O2/c1-8-18(7,9-10-19)20-17(12-15(4)5)13-16(6)11-14(2)3/h14-17,19H,8-13H2,1-7H3/t16-,17+,18?/m1/s1. The molecule has 0 aromatic carbocycles. The molecule has 122 valence electrons. The molecule has 1 unspecified atom stereocenters. The van der Waals surface area contributed by atoms with Crippen LogP contribution in [-0.4, -0.2) is 23.4 Å². The predicted octanol–water partition coefficient (Wildman–Crippen LogP) is 5.04. The van der Waals surface area contributed by atoms with Crippen molar-refractivity contribution in [2.24, 2.45) is 17.8 Å². The fourth-order valence-electron chi connectivity index (χ4n) is 3.03. The molecule has 0 aliphatic heterocycles. The van der Waals surface area contributed by atoms with Gasteiger partial charge in [-0.25, -0.2) is 0 Å². The summed E-state index contributed by atoms with van der Waals surface area (Å²) in [6.07, 6.45) is 5.53. The highest BCUT2D eigenvalue weighted by Crippen LogP contribution is 2.28. The number of ether oxygens (including phenoxy) is 1. The van der Waals surface area contributed by atoms with E-state index in [1.807, 2.05) is 0 Å². The average molecular weight is 286 g/mol. The normalized spacial score (nSPS) is 18.3. The highest BCUT2D eigenvalue weighted by molar-refractivity contribution is 4.77. The summed E-state index contributed by atoms with van der Waals surface area (Å²) in [6.45, 7) is 15.9. The van der Waals surface area contributed by atoms with Crippen LogP contribution in [0.1, 0.15) is 80.6 Å². The molecule has 2 nitrogen and oxygen atoms in total. The Morgan fingerprint density at radius 2 is 1.50 bits per heavy atom. The quantitative estimate of drug-likeness (QED) is 0.576. The lowest BCUT2D eigenvalue weighted by molar-refractivity contribution is -0.108. The molecule has 0 bridgehead atoms. The Morgan fingerprint density at radius 3 is 1.90 bits per heavy atom.